The topological polar surface area (TPSA) is 29.3 Å². The van der Waals surface area contributed by atoms with Crippen LogP contribution in [0.25, 0.3) is 0 Å². The zero-order valence-electron chi connectivity index (χ0n) is 28.6. The van der Waals surface area contributed by atoms with Crippen molar-refractivity contribution in [2.24, 2.45) is 5.73 Å². The second-order valence-corrected chi connectivity index (χ2v) is 17.1. The van der Waals surface area contributed by atoms with Crippen LogP contribution in [-0.2, 0) is 32.6 Å². The van der Waals surface area contributed by atoms with Gasteiger partial charge in [0.05, 0.1) is 0 Å². The maximum atomic E-state index is 7.01. The van der Waals surface area contributed by atoms with Crippen LogP contribution >= 0.6 is 15.8 Å². The van der Waals surface area contributed by atoms with Gasteiger partial charge in [0.1, 0.15) is 0 Å². The molecule has 1 saturated carbocycles. The molecule has 1 aliphatic carbocycles. The van der Waals surface area contributed by atoms with Gasteiger partial charge in [-0.3, -0.25) is 4.90 Å². The van der Waals surface area contributed by atoms with E-state index in [1.807, 2.05) is 0 Å². The number of benzene rings is 6. The van der Waals surface area contributed by atoms with E-state index >= 15 is 0 Å². The molecule has 2 nitrogen and oxygen atoms in total. The summed E-state index contributed by atoms with van der Waals surface area (Å²) >= 11 is 0. The zero-order chi connectivity index (χ0) is 32.5. The van der Waals surface area contributed by atoms with E-state index in [0.29, 0.717) is 6.04 Å². The van der Waals surface area contributed by atoms with Crippen LogP contribution in [0.4, 0.5) is 0 Å². The minimum absolute atomic E-state index is 0. The number of nitrogens with zero attached hydrogens (tertiary/aromatic N) is 1. The van der Waals surface area contributed by atoms with Gasteiger partial charge in [0.25, 0.3) is 0 Å². The Bertz CT molecular complexity index is 1680. The fraction of sp³-hybridized carbons (Fsp3) is 0.182. The van der Waals surface area contributed by atoms with Crippen LogP contribution in [0.2, 0.25) is 0 Å². The average molecular weight is 835 g/mol. The molecule has 0 radical (unpaired) electrons. The number of rotatable bonds is 11. The van der Waals surface area contributed by atoms with Crippen molar-refractivity contribution < 1.29 is 44.3 Å². The molecule has 0 bridgehead atoms. The van der Waals surface area contributed by atoms with Crippen LogP contribution in [0, 0.1) is 0 Å². The van der Waals surface area contributed by atoms with Crippen molar-refractivity contribution in [2.75, 3.05) is 0 Å². The Morgan fingerprint density at radius 3 is 1.12 bits per heavy atom. The zero-order valence-corrected chi connectivity index (χ0v) is 33.6. The Balaban J connectivity index is 0.00000194. The molecular formula is C44H44Cl2N2P2Ru. The van der Waals surface area contributed by atoms with E-state index in [0.717, 1.165) is 25.9 Å². The van der Waals surface area contributed by atoms with Gasteiger partial charge in [-0.15, -0.1) is 0 Å². The fourth-order valence-electron chi connectivity index (χ4n) is 7.21. The first-order chi connectivity index (χ1) is 23.8. The molecule has 1 aliphatic rings. The molecule has 262 valence electrons. The Hall–Kier alpha value is -2.70. The van der Waals surface area contributed by atoms with Crippen molar-refractivity contribution in [2.45, 2.75) is 50.9 Å². The predicted molar refractivity (Wildman–Crippen MR) is 210 cm³/mol. The van der Waals surface area contributed by atoms with Crippen molar-refractivity contribution in [1.29, 1.82) is 0 Å². The Labute approximate surface area is 332 Å². The van der Waals surface area contributed by atoms with Gasteiger partial charge in [0.15, 0.2) is 0 Å². The maximum absolute atomic E-state index is 7.01. The normalized spacial score (nSPS) is 15.5. The minimum Gasteiger partial charge on any atom is -1.00 e. The summed E-state index contributed by atoms with van der Waals surface area (Å²) in [6.07, 6.45) is 4.69. The first kappa shape index (κ1) is 41.1. The van der Waals surface area contributed by atoms with Crippen LogP contribution in [0.15, 0.2) is 170 Å². The summed E-state index contributed by atoms with van der Waals surface area (Å²) < 4.78 is 0. The Morgan fingerprint density at radius 1 is 0.451 bits per heavy atom. The van der Waals surface area contributed by atoms with Gasteiger partial charge in [0.2, 0.25) is 0 Å². The Morgan fingerprint density at radius 2 is 0.765 bits per heavy atom. The largest absolute Gasteiger partial charge is 2.00 e. The molecule has 6 aromatic rings. The number of nitrogens with two attached hydrogens (primary N) is 1. The average Bonchev–Trinajstić information content (AvgIpc) is 3.15. The smallest absolute Gasteiger partial charge is 1.00 e. The van der Waals surface area contributed by atoms with Crippen LogP contribution in [0.5, 0.6) is 0 Å². The molecule has 6 aromatic carbocycles. The first-order valence-corrected chi connectivity index (χ1v) is 19.9. The van der Waals surface area contributed by atoms with Gasteiger partial charge in [-0.25, -0.2) is 0 Å². The molecule has 1 fully saturated rings. The molecule has 7 rings (SSSR count). The molecule has 0 heterocycles. The van der Waals surface area contributed by atoms with Crippen molar-refractivity contribution >= 4 is 47.7 Å². The number of hydrogen-bond acceptors (Lipinski definition) is 2. The SMILES string of the molecule is N[C@@H]1CCCC[C@H]1N(Cc1ccccc1P(c1ccccc1)c1ccccc1)Cc1ccccc1P(c1ccccc1)c1ccccc1.[Cl-].[Cl-].[Ru+2]. The molecule has 0 aromatic heterocycles. The van der Waals surface area contributed by atoms with Gasteiger partial charge >= 0.3 is 19.5 Å². The third kappa shape index (κ3) is 10.0. The first-order valence-electron chi connectivity index (χ1n) is 17.2. The quantitative estimate of drug-likeness (QED) is 0.159. The molecular weight excluding hydrogens is 790 g/mol. The standard InChI is InChI=1S/C44H44N2P2.2ClH.Ru/c45-41-29-15-16-30-42(41)46(33-35-19-13-17-31-43(35)47(37-21-5-1-6-22-37)38-23-7-2-8-24-38)34-36-20-14-18-32-44(36)48(39-25-9-3-10-26-39)40-27-11-4-12-28-40;;;/h1-14,17-28,31-32,41-42H,15-16,29-30,33-34,45H2;2*1H;/q;;;+2/p-2/t41-,42-;;;/m1.../s1. The Kier molecular flexibility index (Phi) is 16.5. The molecule has 7 heteroatoms. The van der Waals surface area contributed by atoms with Gasteiger partial charge in [-0.05, 0) is 71.6 Å². The van der Waals surface area contributed by atoms with E-state index in [-0.39, 0.29) is 50.3 Å². The molecule has 0 amide bonds. The van der Waals surface area contributed by atoms with E-state index in [1.54, 1.807) is 0 Å². The maximum Gasteiger partial charge on any atom is 2.00 e. The monoisotopic (exact) mass is 834 g/mol. The molecule has 51 heavy (non-hydrogen) atoms. The third-order valence-electron chi connectivity index (χ3n) is 9.52. The predicted octanol–water partition coefficient (Wildman–Crippen LogP) is 1.48. The van der Waals surface area contributed by atoms with Crippen LogP contribution in [0.3, 0.4) is 0 Å². The molecule has 0 aliphatic heterocycles. The molecule has 2 atom stereocenters. The van der Waals surface area contributed by atoms with E-state index in [4.69, 9.17) is 5.73 Å². The number of halogens is 2. The van der Waals surface area contributed by atoms with Crippen molar-refractivity contribution in [1.82, 2.24) is 4.90 Å². The van der Waals surface area contributed by atoms with Crippen LogP contribution in [0.1, 0.15) is 36.8 Å². The van der Waals surface area contributed by atoms with Crippen molar-refractivity contribution in [3.63, 3.8) is 0 Å². The summed E-state index contributed by atoms with van der Waals surface area (Å²) in [7, 11) is -1.43. The van der Waals surface area contributed by atoms with Gasteiger partial charge in [-0.1, -0.05) is 183 Å². The van der Waals surface area contributed by atoms with Crippen LogP contribution < -0.4 is 62.4 Å². The summed E-state index contributed by atoms with van der Waals surface area (Å²) in [5.41, 5.74) is 9.82. The van der Waals surface area contributed by atoms with Crippen molar-refractivity contribution in [3.05, 3.63) is 181 Å². The van der Waals surface area contributed by atoms with Gasteiger partial charge in [-0.2, -0.15) is 0 Å². The summed E-state index contributed by atoms with van der Waals surface area (Å²) in [6, 6.07) is 63.2. The fourth-order valence-corrected chi connectivity index (χ4v) is 12.1. The summed E-state index contributed by atoms with van der Waals surface area (Å²) in [4.78, 5) is 2.73. The van der Waals surface area contributed by atoms with Crippen LogP contribution in [-0.4, -0.2) is 17.0 Å². The molecule has 0 unspecified atom stereocenters. The summed E-state index contributed by atoms with van der Waals surface area (Å²) in [5, 5.41) is 8.40. The van der Waals surface area contributed by atoms with E-state index in [2.05, 4.69) is 175 Å². The van der Waals surface area contributed by atoms with Crippen molar-refractivity contribution in [3.8, 4) is 0 Å². The molecule has 0 saturated heterocycles. The van der Waals surface area contributed by atoms with E-state index in [1.165, 1.54) is 55.8 Å². The minimum atomic E-state index is -0.717. The van der Waals surface area contributed by atoms with Gasteiger partial charge < -0.3 is 30.5 Å². The number of hydrogen-bond donors (Lipinski definition) is 1. The third-order valence-corrected chi connectivity index (χ3v) is 14.6. The summed E-state index contributed by atoms with van der Waals surface area (Å²) in [6.45, 7) is 1.74. The van der Waals surface area contributed by atoms with E-state index in [9.17, 15) is 0 Å². The second kappa shape index (κ2) is 20.5. The second-order valence-electron chi connectivity index (χ2n) is 12.7. The van der Waals surface area contributed by atoms with E-state index < -0.39 is 15.8 Å². The summed E-state index contributed by atoms with van der Waals surface area (Å²) in [5.74, 6) is 0. The molecule has 0 spiro atoms. The van der Waals surface area contributed by atoms with Gasteiger partial charge in [0, 0.05) is 25.2 Å². The molecule has 2 N–H and O–H groups in total.